The Morgan fingerprint density at radius 3 is 2.44 bits per heavy atom. The first-order chi connectivity index (χ1) is 8.55. The Hall–Kier alpha value is -0.970. The van der Waals surface area contributed by atoms with Crippen LogP contribution < -0.4 is 0 Å². The van der Waals surface area contributed by atoms with E-state index in [0.717, 1.165) is 11.8 Å². The summed E-state index contributed by atoms with van der Waals surface area (Å²) in [4.78, 5) is 11.6. The molecule has 100 valence electrons. The number of halogens is 3. The lowest BCUT2D eigenvalue weighted by molar-refractivity contribution is -0.0133. The number of alkyl halides is 3. The molecule has 0 heterocycles. The lowest BCUT2D eigenvalue weighted by atomic mass is 10.1. The number of thioether (sulfide) groups is 1. The fraction of sp³-hybridized carbons (Fsp3) is 0.462. The van der Waals surface area contributed by atoms with Crippen LogP contribution in [0.5, 0.6) is 0 Å². The highest BCUT2D eigenvalue weighted by Gasteiger charge is 2.27. The average molecular weight is 276 g/mol. The van der Waals surface area contributed by atoms with Crippen LogP contribution >= 0.6 is 11.8 Å². The number of hydrogen-bond donors (Lipinski definition) is 0. The summed E-state index contributed by atoms with van der Waals surface area (Å²) in [7, 11) is 0. The summed E-state index contributed by atoms with van der Waals surface area (Å²) in [5, 5.41) is -0.211. The van der Waals surface area contributed by atoms with E-state index in [1.807, 2.05) is 0 Å². The zero-order valence-corrected chi connectivity index (χ0v) is 10.7. The Morgan fingerprint density at radius 2 is 1.83 bits per heavy atom. The first-order valence-electron chi connectivity index (χ1n) is 5.71. The summed E-state index contributed by atoms with van der Waals surface area (Å²) >= 11 is 0.877. The standard InChI is InChI=1S/C13H15F3OS/c14-9-4-7-13(15,16)8-10-18-12(17)11-5-2-1-3-6-11/h1-3,5-6H,4,7-10H2. The van der Waals surface area contributed by atoms with Gasteiger partial charge in [0.1, 0.15) is 0 Å². The molecule has 0 radical (unpaired) electrons. The van der Waals surface area contributed by atoms with Crippen LogP contribution in [0.1, 0.15) is 29.6 Å². The van der Waals surface area contributed by atoms with E-state index < -0.39 is 25.4 Å². The first kappa shape index (κ1) is 15.1. The van der Waals surface area contributed by atoms with E-state index in [4.69, 9.17) is 0 Å². The number of carbonyl (C=O) groups is 1. The molecule has 1 nitrogen and oxygen atoms in total. The van der Waals surface area contributed by atoms with Crippen molar-refractivity contribution in [3.05, 3.63) is 35.9 Å². The summed E-state index contributed by atoms with van der Waals surface area (Å²) in [5.41, 5.74) is 0.509. The van der Waals surface area contributed by atoms with E-state index in [1.54, 1.807) is 30.3 Å². The molecule has 0 spiro atoms. The highest BCUT2D eigenvalue weighted by molar-refractivity contribution is 8.14. The van der Waals surface area contributed by atoms with E-state index in [1.165, 1.54) is 0 Å². The molecule has 5 heteroatoms. The van der Waals surface area contributed by atoms with Gasteiger partial charge in [0, 0.05) is 24.2 Å². The van der Waals surface area contributed by atoms with Gasteiger partial charge in [0.25, 0.3) is 0 Å². The summed E-state index contributed by atoms with van der Waals surface area (Å²) in [6.45, 7) is -0.730. The van der Waals surface area contributed by atoms with Crippen molar-refractivity contribution in [1.29, 1.82) is 0 Å². The molecule has 1 rings (SSSR count). The van der Waals surface area contributed by atoms with Gasteiger partial charge < -0.3 is 0 Å². The van der Waals surface area contributed by atoms with E-state index in [9.17, 15) is 18.0 Å². The van der Waals surface area contributed by atoms with E-state index in [0.29, 0.717) is 5.56 Å². The third kappa shape index (κ3) is 5.58. The van der Waals surface area contributed by atoms with Crippen molar-refractivity contribution in [3.63, 3.8) is 0 Å². The van der Waals surface area contributed by atoms with E-state index in [2.05, 4.69) is 0 Å². The summed E-state index contributed by atoms with van der Waals surface area (Å²) in [6.07, 6.45) is -0.982. The quantitative estimate of drug-likeness (QED) is 0.737. The van der Waals surface area contributed by atoms with E-state index >= 15 is 0 Å². The van der Waals surface area contributed by atoms with Gasteiger partial charge in [-0.25, -0.2) is 8.78 Å². The van der Waals surface area contributed by atoms with Crippen molar-refractivity contribution >= 4 is 16.9 Å². The molecule has 0 saturated heterocycles. The molecule has 0 amide bonds. The van der Waals surface area contributed by atoms with Crippen LogP contribution in [0, 0.1) is 0 Å². The molecule has 0 bridgehead atoms. The first-order valence-corrected chi connectivity index (χ1v) is 6.70. The maximum absolute atomic E-state index is 13.2. The van der Waals surface area contributed by atoms with Gasteiger partial charge in [0.15, 0.2) is 0 Å². The second-order valence-electron chi connectivity index (χ2n) is 3.90. The fourth-order valence-electron chi connectivity index (χ4n) is 1.40. The van der Waals surface area contributed by atoms with Crippen LogP contribution in [-0.4, -0.2) is 23.5 Å². The van der Waals surface area contributed by atoms with Crippen molar-refractivity contribution in [3.8, 4) is 0 Å². The van der Waals surface area contributed by atoms with Crippen molar-refractivity contribution in [2.45, 2.75) is 25.2 Å². The monoisotopic (exact) mass is 276 g/mol. The second-order valence-corrected chi connectivity index (χ2v) is 4.97. The third-order valence-corrected chi connectivity index (χ3v) is 3.29. The van der Waals surface area contributed by atoms with Crippen LogP contribution in [0.15, 0.2) is 30.3 Å². The molecule has 1 aromatic carbocycles. The smallest absolute Gasteiger partial charge is 0.249 e. The van der Waals surface area contributed by atoms with Gasteiger partial charge in [-0.1, -0.05) is 42.1 Å². The Bertz CT molecular complexity index is 368. The number of rotatable bonds is 7. The van der Waals surface area contributed by atoms with Gasteiger partial charge in [-0.3, -0.25) is 9.18 Å². The van der Waals surface area contributed by atoms with Gasteiger partial charge >= 0.3 is 0 Å². The number of hydrogen-bond acceptors (Lipinski definition) is 2. The highest BCUT2D eigenvalue weighted by atomic mass is 32.2. The van der Waals surface area contributed by atoms with Crippen molar-refractivity contribution in [2.75, 3.05) is 12.4 Å². The summed E-state index contributed by atoms with van der Waals surface area (Å²) in [5.74, 6) is -2.83. The minimum absolute atomic E-state index is 0.0486. The Morgan fingerprint density at radius 1 is 1.17 bits per heavy atom. The van der Waals surface area contributed by atoms with Crippen LogP contribution in [0.2, 0.25) is 0 Å². The minimum Gasteiger partial charge on any atom is -0.282 e. The topological polar surface area (TPSA) is 17.1 Å². The molecule has 0 saturated carbocycles. The summed E-state index contributed by atoms with van der Waals surface area (Å²) < 4.78 is 38.1. The van der Waals surface area contributed by atoms with Crippen molar-refractivity contribution in [2.24, 2.45) is 0 Å². The number of carbonyl (C=O) groups excluding carboxylic acids is 1. The molecule has 0 aliphatic heterocycles. The van der Waals surface area contributed by atoms with Crippen molar-refractivity contribution in [1.82, 2.24) is 0 Å². The molecule has 0 aliphatic carbocycles. The van der Waals surface area contributed by atoms with Gasteiger partial charge in [0.2, 0.25) is 11.0 Å². The van der Waals surface area contributed by atoms with Crippen LogP contribution in [-0.2, 0) is 0 Å². The molecular weight excluding hydrogens is 261 g/mol. The molecule has 0 fully saturated rings. The van der Waals surface area contributed by atoms with Gasteiger partial charge in [0.05, 0.1) is 6.67 Å². The van der Waals surface area contributed by atoms with Gasteiger partial charge in [-0.15, -0.1) is 0 Å². The molecular formula is C13H15F3OS. The highest BCUT2D eigenvalue weighted by Crippen LogP contribution is 2.27. The average Bonchev–Trinajstić information content (AvgIpc) is 2.37. The zero-order valence-electron chi connectivity index (χ0n) is 9.87. The predicted octanol–water partition coefficient (Wildman–Crippen LogP) is 4.34. The normalized spacial score (nSPS) is 11.5. The number of benzene rings is 1. The van der Waals surface area contributed by atoms with Crippen LogP contribution in [0.3, 0.4) is 0 Å². The van der Waals surface area contributed by atoms with Crippen LogP contribution in [0.4, 0.5) is 13.2 Å². The molecule has 0 aromatic heterocycles. The Kier molecular flexibility index (Phi) is 6.25. The Labute approximate surface area is 109 Å². The molecule has 18 heavy (non-hydrogen) atoms. The molecule has 0 atom stereocenters. The summed E-state index contributed by atoms with van der Waals surface area (Å²) in [6, 6.07) is 8.53. The molecule has 1 aromatic rings. The largest absolute Gasteiger partial charge is 0.282 e. The minimum atomic E-state index is -2.88. The predicted molar refractivity (Wildman–Crippen MR) is 68.0 cm³/mol. The van der Waals surface area contributed by atoms with Crippen LogP contribution in [0.25, 0.3) is 0 Å². The van der Waals surface area contributed by atoms with Gasteiger partial charge in [-0.2, -0.15) is 0 Å². The Balaban J connectivity index is 2.31. The second kappa shape index (κ2) is 7.46. The zero-order chi connectivity index (χ0) is 13.4. The van der Waals surface area contributed by atoms with Gasteiger partial charge in [-0.05, 0) is 6.42 Å². The molecule has 0 N–H and O–H groups in total. The lowest BCUT2D eigenvalue weighted by Gasteiger charge is -2.14. The molecule has 0 unspecified atom stereocenters. The fourth-order valence-corrected chi connectivity index (χ4v) is 2.29. The maximum Gasteiger partial charge on any atom is 0.249 e. The lowest BCUT2D eigenvalue weighted by Crippen LogP contribution is -2.17. The SMILES string of the molecule is O=C(SCCC(F)(F)CCCF)c1ccccc1. The maximum atomic E-state index is 13.2. The molecule has 0 aliphatic rings. The van der Waals surface area contributed by atoms with E-state index in [-0.39, 0.29) is 17.3 Å². The van der Waals surface area contributed by atoms with Crippen molar-refractivity contribution < 1.29 is 18.0 Å². The third-order valence-electron chi connectivity index (χ3n) is 2.39.